The van der Waals surface area contributed by atoms with Gasteiger partial charge in [-0.05, 0) is 25.3 Å². The Kier molecular flexibility index (Phi) is 6.35. The largest absolute Gasteiger partial charge is 0.466 e. The van der Waals surface area contributed by atoms with Gasteiger partial charge in [-0.1, -0.05) is 30.3 Å². The normalized spacial score (nSPS) is 20.3. The van der Waals surface area contributed by atoms with E-state index in [0.717, 1.165) is 5.56 Å². The molecule has 1 fully saturated rings. The molecule has 0 N–H and O–H groups in total. The fraction of sp³-hybridized carbons (Fsp3) is 0.500. The van der Waals surface area contributed by atoms with Gasteiger partial charge in [0.05, 0.1) is 19.8 Å². The number of esters is 1. The Morgan fingerprint density at radius 1 is 1.21 bits per heavy atom. The molecular weight excluding hydrogens is 310 g/mol. The van der Waals surface area contributed by atoms with Crippen LogP contribution in [0.4, 0.5) is 4.79 Å². The lowest BCUT2D eigenvalue weighted by Gasteiger charge is -2.38. The summed E-state index contributed by atoms with van der Waals surface area (Å²) < 4.78 is 9.71. The van der Waals surface area contributed by atoms with E-state index in [1.54, 1.807) is 11.8 Å². The number of methoxy groups -OCH3 is 1. The first-order valence-electron chi connectivity index (χ1n) is 8.14. The maximum atomic E-state index is 12.4. The highest BCUT2D eigenvalue weighted by atomic mass is 16.5. The van der Waals surface area contributed by atoms with Crippen LogP contribution in [0.15, 0.2) is 30.3 Å². The quantitative estimate of drug-likeness (QED) is 0.612. The smallest absolute Gasteiger partial charge is 0.409 e. The highest BCUT2D eigenvalue weighted by molar-refractivity contribution is 5.96. The van der Waals surface area contributed by atoms with Crippen LogP contribution in [-0.2, 0) is 19.1 Å². The zero-order valence-corrected chi connectivity index (χ0v) is 14.1. The number of hydrogen-bond acceptors (Lipinski definition) is 5. The third kappa shape index (κ3) is 4.34. The van der Waals surface area contributed by atoms with Gasteiger partial charge in [0.2, 0.25) is 0 Å². The molecule has 1 aliphatic rings. The number of piperidine rings is 1. The van der Waals surface area contributed by atoms with Crippen molar-refractivity contribution in [1.82, 2.24) is 4.90 Å². The molecule has 0 bridgehead atoms. The number of likely N-dealkylation sites (tertiary alicyclic amines) is 1. The van der Waals surface area contributed by atoms with Crippen molar-refractivity contribution in [2.45, 2.75) is 32.2 Å². The standard InChI is InChI=1S/C18H23NO5/c1-3-24-17(21)12-16(20)14-9-10-19(18(22)23-2)15(11-14)13-7-5-4-6-8-13/h4-8,14-15H,3,9-12H2,1-2H3/t14-,15-/m0/s1. The molecule has 1 aromatic rings. The van der Waals surface area contributed by atoms with Crippen LogP contribution in [0.3, 0.4) is 0 Å². The Morgan fingerprint density at radius 3 is 2.54 bits per heavy atom. The second-order valence-electron chi connectivity index (χ2n) is 5.76. The van der Waals surface area contributed by atoms with Gasteiger partial charge in [0.25, 0.3) is 0 Å². The molecule has 1 aliphatic heterocycles. The number of amides is 1. The summed E-state index contributed by atoms with van der Waals surface area (Å²) in [6, 6.07) is 9.32. The van der Waals surface area contributed by atoms with Gasteiger partial charge in [-0.2, -0.15) is 0 Å². The van der Waals surface area contributed by atoms with Crippen molar-refractivity contribution in [3.8, 4) is 0 Å². The fourth-order valence-corrected chi connectivity index (χ4v) is 3.08. The van der Waals surface area contributed by atoms with Crippen LogP contribution in [0.2, 0.25) is 0 Å². The molecule has 130 valence electrons. The molecule has 6 heteroatoms. The van der Waals surface area contributed by atoms with E-state index in [1.165, 1.54) is 7.11 Å². The average Bonchev–Trinajstić information content (AvgIpc) is 2.61. The Bertz CT molecular complexity index is 586. The van der Waals surface area contributed by atoms with E-state index in [0.29, 0.717) is 19.4 Å². The Labute approximate surface area is 141 Å². The molecule has 1 amide bonds. The Hall–Kier alpha value is -2.37. The van der Waals surface area contributed by atoms with Crippen molar-refractivity contribution in [1.29, 1.82) is 0 Å². The number of rotatable bonds is 5. The maximum absolute atomic E-state index is 12.4. The molecule has 6 nitrogen and oxygen atoms in total. The van der Waals surface area contributed by atoms with Gasteiger partial charge in [-0.25, -0.2) is 4.79 Å². The van der Waals surface area contributed by atoms with Crippen molar-refractivity contribution in [2.24, 2.45) is 5.92 Å². The monoisotopic (exact) mass is 333 g/mol. The zero-order valence-electron chi connectivity index (χ0n) is 14.1. The average molecular weight is 333 g/mol. The van der Waals surface area contributed by atoms with E-state index in [-0.39, 0.29) is 30.8 Å². The number of Topliss-reactive ketones (excluding diaryl/α,β-unsaturated/α-hetero) is 1. The van der Waals surface area contributed by atoms with E-state index in [1.807, 2.05) is 30.3 Å². The van der Waals surface area contributed by atoms with Gasteiger partial charge in [-0.3, -0.25) is 9.59 Å². The molecule has 24 heavy (non-hydrogen) atoms. The summed E-state index contributed by atoms with van der Waals surface area (Å²) >= 11 is 0. The van der Waals surface area contributed by atoms with Gasteiger partial charge >= 0.3 is 12.1 Å². The summed E-state index contributed by atoms with van der Waals surface area (Å²) in [5, 5.41) is 0. The minimum Gasteiger partial charge on any atom is -0.466 e. The molecule has 1 saturated heterocycles. The number of ether oxygens (including phenoxy) is 2. The molecule has 1 aromatic carbocycles. The summed E-state index contributed by atoms with van der Waals surface area (Å²) in [4.78, 5) is 37.6. The third-order valence-electron chi connectivity index (χ3n) is 4.28. The number of benzene rings is 1. The second-order valence-corrected chi connectivity index (χ2v) is 5.76. The highest BCUT2D eigenvalue weighted by Gasteiger charge is 2.36. The van der Waals surface area contributed by atoms with Gasteiger partial charge in [0, 0.05) is 12.5 Å². The summed E-state index contributed by atoms with van der Waals surface area (Å²) in [6.07, 6.45) is 0.395. The number of carbonyl (C=O) groups excluding carboxylic acids is 3. The van der Waals surface area contributed by atoms with Gasteiger partial charge in [0.1, 0.15) is 12.2 Å². The van der Waals surface area contributed by atoms with Crippen LogP contribution in [0, 0.1) is 5.92 Å². The summed E-state index contributed by atoms with van der Waals surface area (Å²) in [5.74, 6) is -0.881. The summed E-state index contributed by atoms with van der Waals surface area (Å²) in [6.45, 7) is 2.40. The lowest BCUT2D eigenvalue weighted by Crippen LogP contribution is -2.42. The lowest BCUT2D eigenvalue weighted by molar-refractivity contribution is -0.146. The molecule has 0 radical (unpaired) electrons. The molecule has 2 atom stereocenters. The second kappa shape index (κ2) is 8.47. The first kappa shape index (κ1) is 18.0. The molecule has 0 saturated carbocycles. The molecule has 1 heterocycles. The van der Waals surface area contributed by atoms with E-state index in [9.17, 15) is 14.4 Å². The van der Waals surface area contributed by atoms with Gasteiger partial charge < -0.3 is 14.4 Å². The Balaban J connectivity index is 2.12. The van der Waals surface area contributed by atoms with Crippen LogP contribution in [0.25, 0.3) is 0 Å². The van der Waals surface area contributed by atoms with E-state index in [4.69, 9.17) is 9.47 Å². The molecule has 0 unspecified atom stereocenters. The number of carbonyl (C=O) groups is 3. The first-order valence-corrected chi connectivity index (χ1v) is 8.14. The lowest BCUT2D eigenvalue weighted by atomic mass is 9.84. The minimum absolute atomic E-state index is 0.126. The first-order chi connectivity index (χ1) is 11.6. The van der Waals surface area contributed by atoms with Crippen molar-refractivity contribution >= 4 is 17.8 Å². The SMILES string of the molecule is CCOC(=O)CC(=O)[C@H]1CCN(C(=O)OC)[C@H](c2ccccc2)C1. The van der Waals surface area contributed by atoms with E-state index in [2.05, 4.69) is 0 Å². The van der Waals surface area contributed by atoms with Crippen LogP contribution in [0.5, 0.6) is 0 Å². The van der Waals surface area contributed by atoms with Crippen molar-refractivity contribution in [3.05, 3.63) is 35.9 Å². The molecular formula is C18H23NO5. The van der Waals surface area contributed by atoms with Crippen LogP contribution in [-0.4, -0.2) is 43.0 Å². The molecule has 0 aromatic heterocycles. The highest BCUT2D eigenvalue weighted by Crippen LogP contribution is 2.35. The van der Waals surface area contributed by atoms with Crippen molar-refractivity contribution < 1.29 is 23.9 Å². The van der Waals surface area contributed by atoms with Crippen LogP contribution < -0.4 is 0 Å². The maximum Gasteiger partial charge on any atom is 0.409 e. The fourth-order valence-electron chi connectivity index (χ4n) is 3.08. The third-order valence-corrected chi connectivity index (χ3v) is 4.28. The number of nitrogens with zero attached hydrogens (tertiary/aromatic N) is 1. The topological polar surface area (TPSA) is 72.9 Å². The predicted octanol–water partition coefficient (Wildman–Crippen LogP) is 2.73. The van der Waals surface area contributed by atoms with Gasteiger partial charge in [-0.15, -0.1) is 0 Å². The number of ketones is 1. The van der Waals surface area contributed by atoms with Gasteiger partial charge in [0.15, 0.2) is 0 Å². The van der Waals surface area contributed by atoms with E-state index < -0.39 is 12.1 Å². The molecule has 2 rings (SSSR count). The minimum atomic E-state index is -0.492. The van der Waals surface area contributed by atoms with Crippen LogP contribution >= 0.6 is 0 Å². The predicted molar refractivity (Wildman–Crippen MR) is 87.3 cm³/mol. The Morgan fingerprint density at radius 2 is 1.92 bits per heavy atom. The van der Waals surface area contributed by atoms with Crippen LogP contribution in [0.1, 0.15) is 37.8 Å². The molecule has 0 aliphatic carbocycles. The zero-order chi connectivity index (χ0) is 17.5. The van der Waals surface area contributed by atoms with Crippen molar-refractivity contribution in [3.63, 3.8) is 0 Å². The number of hydrogen-bond donors (Lipinski definition) is 0. The molecule has 0 spiro atoms. The summed E-state index contributed by atoms with van der Waals surface area (Å²) in [5.41, 5.74) is 0.955. The van der Waals surface area contributed by atoms with E-state index >= 15 is 0 Å². The van der Waals surface area contributed by atoms with Crippen molar-refractivity contribution in [2.75, 3.05) is 20.3 Å². The summed E-state index contributed by atoms with van der Waals surface area (Å²) in [7, 11) is 1.35.